The van der Waals surface area contributed by atoms with Crippen molar-refractivity contribution in [2.24, 2.45) is 5.84 Å². The maximum atomic E-state index is 10.9. The zero-order valence-corrected chi connectivity index (χ0v) is 12.5. The van der Waals surface area contributed by atoms with E-state index in [4.69, 9.17) is 10.6 Å². The maximum Gasteiger partial charge on any atom is 0.294 e. The van der Waals surface area contributed by atoms with E-state index in [0.717, 1.165) is 3.57 Å². The number of hydrogen-bond donors (Lipinski definition) is 2. The number of benzene rings is 2. The number of hydrogen-bond acceptors (Lipinski definition) is 5. The van der Waals surface area contributed by atoms with Gasteiger partial charge in [0.15, 0.2) is 0 Å². The van der Waals surface area contributed by atoms with E-state index in [1.165, 1.54) is 6.07 Å². The summed E-state index contributed by atoms with van der Waals surface area (Å²) in [5, 5.41) is 10.9. The van der Waals surface area contributed by atoms with Crippen molar-refractivity contribution in [1.82, 2.24) is 0 Å². The van der Waals surface area contributed by atoms with Crippen molar-refractivity contribution in [3.63, 3.8) is 0 Å². The van der Waals surface area contributed by atoms with Crippen LogP contribution in [0.1, 0.15) is 5.56 Å². The van der Waals surface area contributed by atoms with Crippen LogP contribution in [0.25, 0.3) is 0 Å². The summed E-state index contributed by atoms with van der Waals surface area (Å²) >= 11 is 2.21. The van der Waals surface area contributed by atoms with Gasteiger partial charge in [0.05, 0.1) is 4.92 Å². The lowest BCUT2D eigenvalue weighted by molar-refractivity contribution is -0.384. The molecule has 0 atom stereocenters. The Hall–Kier alpha value is -1.87. The highest BCUT2D eigenvalue weighted by Gasteiger charge is 2.13. The molecule has 0 amide bonds. The third kappa shape index (κ3) is 3.58. The van der Waals surface area contributed by atoms with Crippen LogP contribution in [0.2, 0.25) is 0 Å². The number of ether oxygens (including phenoxy) is 1. The number of nitrogens with two attached hydrogens (primary N) is 1. The average molecular weight is 385 g/mol. The number of nitrogens with zero attached hydrogens (tertiary/aromatic N) is 1. The van der Waals surface area contributed by atoms with Gasteiger partial charge in [0.1, 0.15) is 18.0 Å². The number of nitro benzene ring substituents is 1. The van der Waals surface area contributed by atoms with Crippen molar-refractivity contribution >= 4 is 34.0 Å². The third-order valence-corrected chi connectivity index (χ3v) is 3.35. The molecule has 0 bridgehead atoms. The van der Waals surface area contributed by atoms with Crippen molar-refractivity contribution in [2.45, 2.75) is 6.61 Å². The van der Waals surface area contributed by atoms with E-state index >= 15 is 0 Å². The third-order valence-electron chi connectivity index (χ3n) is 2.63. The zero-order valence-electron chi connectivity index (χ0n) is 10.4. The molecule has 0 aliphatic heterocycles. The normalized spacial score (nSPS) is 10.1. The summed E-state index contributed by atoms with van der Waals surface area (Å²) in [6.07, 6.45) is 0. The SMILES string of the molecule is NNc1ccc(COc2ccc(I)cc2)cc1[N+](=O)[O-]. The van der Waals surface area contributed by atoms with E-state index in [1.54, 1.807) is 12.1 Å². The number of anilines is 1. The molecule has 0 radical (unpaired) electrons. The van der Waals surface area contributed by atoms with Crippen LogP contribution in [0.3, 0.4) is 0 Å². The molecule has 2 aromatic rings. The quantitative estimate of drug-likeness (QED) is 0.357. The Labute approximate surface area is 129 Å². The number of halogens is 1. The van der Waals surface area contributed by atoms with Crippen molar-refractivity contribution in [3.8, 4) is 5.75 Å². The van der Waals surface area contributed by atoms with Crippen LogP contribution in [-0.2, 0) is 6.61 Å². The molecule has 2 aromatic carbocycles. The predicted molar refractivity (Wildman–Crippen MR) is 84.4 cm³/mol. The van der Waals surface area contributed by atoms with E-state index in [9.17, 15) is 10.1 Å². The van der Waals surface area contributed by atoms with Crippen molar-refractivity contribution in [3.05, 3.63) is 61.7 Å². The second-order valence-corrected chi connectivity index (χ2v) is 5.24. The van der Waals surface area contributed by atoms with E-state index < -0.39 is 4.92 Å². The highest BCUT2D eigenvalue weighted by atomic mass is 127. The summed E-state index contributed by atoms with van der Waals surface area (Å²) in [4.78, 5) is 10.4. The van der Waals surface area contributed by atoms with Crippen molar-refractivity contribution < 1.29 is 9.66 Å². The standard InChI is InChI=1S/C13H12IN3O3/c14-10-2-4-11(5-3-10)20-8-9-1-6-12(16-15)13(7-9)17(18)19/h1-7,16H,8,15H2. The molecule has 0 aromatic heterocycles. The predicted octanol–water partition coefficient (Wildman–Crippen LogP) is 3.06. The molecule has 0 spiro atoms. The molecular weight excluding hydrogens is 373 g/mol. The Balaban J connectivity index is 2.11. The van der Waals surface area contributed by atoms with Crippen LogP contribution in [0, 0.1) is 13.7 Å². The molecule has 7 heteroatoms. The van der Waals surface area contributed by atoms with E-state index in [1.807, 2.05) is 24.3 Å². The van der Waals surface area contributed by atoms with Crippen LogP contribution in [0.5, 0.6) is 5.75 Å². The Morgan fingerprint density at radius 1 is 1.25 bits per heavy atom. The van der Waals surface area contributed by atoms with Gasteiger partial charge in [0, 0.05) is 9.64 Å². The van der Waals surface area contributed by atoms with Gasteiger partial charge in [-0.05, 0) is 58.5 Å². The summed E-state index contributed by atoms with van der Waals surface area (Å²) in [7, 11) is 0. The van der Waals surface area contributed by atoms with Crippen LogP contribution in [0.15, 0.2) is 42.5 Å². The number of hydrazine groups is 1. The van der Waals surface area contributed by atoms with Crippen LogP contribution in [-0.4, -0.2) is 4.92 Å². The average Bonchev–Trinajstić information content (AvgIpc) is 2.46. The molecule has 0 fully saturated rings. The molecular formula is C13H12IN3O3. The molecule has 104 valence electrons. The Morgan fingerprint density at radius 2 is 1.95 bits per heavy atom. The molecule has 0 aliphatic carbocycles. The minimum atomic E-state index is -0.483. The number of nitro groups is 1. The minimum Gasteiger partial charge on any atom is -0.489 e. The Kier molecular flexibility index (Phi) is 4.74. The monoisotopic (exact) mass is 385 g/mol. The fraction of sp³-hybridized carbons (Fsp3) is 0.0769. The molecule has 0 unspecified atom stereocenters. The maximum absolute atomic E-state index is 10.9. The molecule has 2 rings (SSSR count). The van der Waals surface area contributed by atoms with Crippen molar-refractivity contribution in [1.29, 1.82) is 0 Å². The van der Waals surface area contributed by atoms with Crippen molar-refractivity contribution in [2.75, 3.05) is 5.43 Å². The molecule has 3 N–H and O–H groups in total. The first kappa shape index (κ1) is 14.5. The summed E-state index contributed by atoms with van der Waals surface area (Å²) < 4.78 is 6.69. The number of nitrogens with one attached hydrogen (secondary N) is 1. The topological polar surface area (TPSA) is 90.4 Å². The molecule has 0 heterocycles. The first-order valence-corrected chi connectivity index (χ1v) is 6.80. The first-order chi connectivity index (χ1) is 9.60. The summed E-state index contributed by atoms with van der Waals surface area (Å²) in [6.45, 7) is 0.256. The largest absolute Gasteiger partial charge is 0.489 e. The van der Waals surface area contributed by atoms with Gasteiger partial charge in [-0.3, -0.25) is 16.0 Å². The molecule has 20 heavy (non-hydrogen) atoms. The molecule has 0 saturated carbocycles. The lowest BCUT2D eigenvalue weighted by Gasteiger charge is -2.08. The zero-order chi connectivity index (χ0) is 14.5. The fourth-order valence-electron chi connectivity index (χ4n) is 1.64. The lowest BCUT2D eigenvalue weighted by atomic mass is 10.2. The van der Waals surface area contributed by atoms with E-state index in [0.29, 0.717) is 11.3 Å². The number of rotatable bonds is 5. The molecule has 0 aliphatic rings. The van der Waals surface area contributed by atoms with Gasteiger partial charge in [0.2, 0.25) is 0 Å². The van der Waals surface area contributed by atoms with Gasteiger partial charge in [-0.15, -0.1) is 0 Å². The minimum absolute atomic E-state index is 0.0730. The van der Waals surface area contributed by atoms with E-state index in [-0.39, 0.29) is 18.0 Å². The number of nitrogen functional groups attached to an aromatic ring is 1. The Bertz CT molecular complexity index is 617. The second-order valence-electron chi connectivity index (χ2n) is 4.00. The highest BCUT2D eigenvalue weighted by Crippen LogP contribution is 2.25. The lowest BCUT2D eigenvalue weighted by Crippen LogP contribution is -2.09. The van der Waals surface area contributed by atoms with Gasteiger partial charge >= 0.3 is 0 Å². The second kappa shape index (κ2) is 6.53. The summed E-state index contributed by atoms with van der Waals surface area (Å²) in [5.41, 5.74) is 3.20. The van der Waals surface area contributed by atoms with Gasteiger partial charge in [-0.2, -0.15) is 0 Å². The Morgan fingerprint density at radius 3 is 2.55 bits per heavy atom. The van der Waals surface area contributed by atoms with Gasteiger partial charge in [0.25, 0.3) is 5.69 Å². The van der Waals surface area contributed by atoms with Gasteiger partial charge < -0.3 is 10.2 Å². The van der Waals surface area contributed by atoms with Crippen LogP contribution < -0.4 is 16.0 Å². The summed E-state index contributed by atoms with van der Waals surface area (Å²) in [5.74, 6) is 5.95. The smallest absolute Gasteiger partial charge is 0.294 e. The van der Waals surface area contributed by atoms with E-state index in [2.05, 4.69) is 28.0 Å². The van der Waals surface area contributed by atoms with Crippen LogP contribution in [0.4, 0.5) is 11.4 Å². The first-order valence-electron chi connectivity index (χ1n) is 5.72. The summed E-state index contributed by atoms with van der Waals surface area (Å²) in [6, 6.07) is 12.3. The molecule has 0 saturated heterocycles. The van der Waals surface area contributed by atoms with Crippen LogP contribution >= 0.6 is 22.6 Å². The molecule has 6 nitrogen and oxygen atoms in total. The van der Waals surface area contributed by atoms with Gasteiger partial charge in [-0.1, -0.05) is 6.07 Å². The van der Waals surface area contributed by atoms with Gasteiger partial charge in [-0.25, -0.2) is 0 Å². The highest BCUT2D eigenvalue weighted by molar-refractivity contribution is 14.1. The fourth-order valence-corrected chi connectivity index (χ4v) is 2.00.